The second-order valence-corrected chi connectivity index (χ2v) is 8.79. The van der Waals surface area contributed by atoms with E-state index in [2.05, 4.69) is 23.5 Å². The number of nitrogens with zero attached hydrogens (tertiary/aromatic N) is 1. The van der Waals surface area contributed by atoms with Gasteiger partial charge in [-0.3, -0.25) is 0 Å². The molecular weight excluding hydrogens is 320 g/mol. The van der Waals surface area contributed by atoms with Crippen molar-refractivity contribution < 1.29 is 8.42 Å². The first-order chi connectivity index (χ1) is 11.6. The van der Waals surface area contributed by atoms with Crippen LogP contribution in [0.3, 0.4) is 0 Å². The van der Waals surface area contributed by atoms with Crippen molar-refractivity contribution in [3.8, 4) is 0 Å². The Kier molecular flexibility index (Phi) is 3.85. The normalized spacial score (nSPS) is 19.8. The molecular formula is C19H22N2O2S. The third-order valence-electron chi connectivity index (χ3n) is 5.38. The number of benzene rings is 2. The van der Waals surface area contributed by atoms with Gasteiger partial charge in [-0.15, -0.1) is 0 Å². The maximum Gasteiger partial charge on any atom is 0.218 e. The molecule has 1 N–H and O–H groups in total. The molecule has 1 fully saturated rings. The van der Waals surface area contributed by atoms with E-state index in [1.54, 1.807) is 4.31 Å². The van der Waals surface area contributed by atoms with Crippen molar-refractivity contribution in [1.29, 1.82) is 0 Å². The Morgan fingerprint density at radius 3 is 2.38 bits per heavy atom. The van der Waals surface area contributed by atoms with Gasteiger partial charge < -0.3 is 5.32 Å². The number of rotatable bonds is 3. The summed E-state index contributed by atoms with van der Waals surface area (Å²) >= 11 is 0. The summed E-state index contributed by atoms with van der Waals surface area (Å²) in [7, 11) is -3.25. The minimum atomic E-state index is -3.25. The van der Waals surface area contributed by atoms with E-state index in [4.69, 9.17) is 0 Å². The molecule has 0 atom stereocenters. The van der Waals surface area contributed by atoms with Gasteiger partial charge in [0.25, 0.3) is 0 Å². The molecule has 0 amide bonds. The quantitative estimate of drug-likeness (QED) is 0.933. The molecule has 2 aliphatic rings. The molecule has 0 radical (unpaired) electrons. The van der Waals surface area contributed by atoms with E-state index in [1.165, 1.54) is 11.3 Å². The van der Waals surface area contributed by atoms with Crippen LogP contribution in [-0.4, -0.2) is 32.4 Å². The number of hydrogen-bond acceptors (Lipinski definition) is 3. The van der Waals surface area contributed by atoms with E-state index in [-0.39, 0.29) is 11.2 Å². The lowest BCUT2D eigenvalue weighted by atomic mass is 9.75. The molecule has 0 aromatic heterocycles. The van der Waals surface area contributed by atoms with Crippen LogP contribution in [0.15, 0.2) is 54.6 Å². The topological polar surface area (TPSA) is 49.4 Å². The Hall–Kier alpha value is -1.85. The SMILES string of the molecule is O=S(=O)(Cc1ccccc1)N1CCC2(CC1)CNc1ccccc12. The molecule has 2 aromatic rings. The third kappa shape index (κ3) is 2.72. The van der Waals surface area contributed by atoms with E-state index in [9.17, 15) is 8.42 Å². The van der Waals surface area contributed by atoms with Gasteiger partial charge in [0.05, 0.1) is 5.75 Å². The Morgan fingerprint density at radius 2 is 1.62 bits per heavy atom. The summed E-state index contributed by atoms with van der Waals surface area (Å²) in [5, 5.41) is 3.49. The molecule has 4 rings (SSSR count). The summed E-state index contributed by atoms with van der Waals surface area (Å²) in [6.45, 7) is 2.12. The number of anilines is 1. The summed E-state index contributed by atoms with van der Waals surface area (Å²) in [6.07, 6.45) is 1.76. The number of piperidine rings is 1. The Bertz CT molecular complexity index is 825. The summed E-state index contributed by atoms with van der Waals surface area (Å²) in [6, 6.07) is 17.8. The fraction of sp³-hybridized carbons (Fsp3) is 0.368. The molecule has 4 nitrogen and oxygen atoms in total. The molecule has 0 unspecified atom stereocenters. The molecule has 2 aromatic carbocycles. The smallest absolute Gasteiger partial charge is 0.218 e. The minimum Gasteiger partial charge on any atom is -0.384 e. The van der Waals surface area contributed by atoms with E-state index in [0.717, 1.165) is 24.9 Å². The van der Waals surface area contributed by atoms with Crippen LogP contribution in [0.1, 0.15) is 24.0 Å². The average molecular weight is 342 g/mol. The summed E-state index contributed by atoms with van der Waals surface area (Å²) in [5.41, 5.74) is 3.50. The first kappa shape index (κ1) is 15.7. The second kappa shape index (κ2) is 5.90. The summed E-state index contributed by atoms with van der Waals surface area (Å²) < 4.78 is 27.1. The molecule has 0 bridgehead atoms. The first-order valence-corrected chi connectivity index (χ1v) is 10.1. The van der Waals surface area contributed by atoms with Crippen LogP contribution in [0, 0.1) is 0 Å². The highest BCUT2D eigenvalue weighted by Gasteiger charge is 2.43. The Morgan fingerprint density at radius 1 is 0.958 bits per heavy atom. The number of nitrogens with one attached hydrogen (secondary N) is 1. The lowest BCUT2D eigenvalue weighted by Gasteiger charge is -2.38. The van der Waals surface area contributed by atoms with E-state index in [1.807, 2.05) is 36.4 Å². The largest absolute Gasteiger partial charge is 0.384 e. The van der Waals surface area contributed by atoms with Gasteiger partial charge in [0.2, 0.25) is 10.0 Å². The lowest BCUT2D eigenvalue weighted by Crippen LogP contribution is -2.46. The van der Waals surface area contributed by atoms with Crippen molar-refractivity contribution in [2.75, 3.05) is 25.0 Å². The lowest BCUT2D eigenvalue weighted by molar-refractivity contribution is 0.249. The fourth-order valence-corrected chi connectivity index (χ4v) is 5.51. The van der Waals surface area contributed by atoms with Crippen LogP contribution in [-0.2, 0) is 21.2 Å². The third-order valence-corrected chi connectivity index (χ3v) is 7.23. The predicted octanol–water partition coefficient (Wildman–Crippen LogP) is 2.98. The standard InChI is InChI=1S/C19H22N2O2S/c22-24(23,14-16-6-2-1-3-7-16)21-12-10-19(11-13-21)15-20-18-9-5-4-8-17(18)19/h1-9,20H,10-15H2. The van der Waals surface area contributed by atoms with Gasteiger partial charge in [-0.05, 0) is 30.0 Å². The van der Waals surface area contributed by atoms with Gasteiger partial charge in [-0.2, -0.15) is 0 Å². The van der Waals surface area contributed by atoms with Gasteiger partial charge in [0, 0.05) is 30.7 Å². The number of fused-ring (bicyclic) bond motifs is 2. The van der Waals surface area contributed by atoms with Crippen molar-refractivity contribution in [2.45, 2.75) is 24.0 Å². The zero-order valence-corrected chi connectivity index (χ0v) is 14.4. The van der Waals surface area contributed by atoms with Crippen molar-refractivity contribution in [1.82, 2.24) is 4.31 Å². The number of hydrogen-bond donors (Lipinski definition) is 1. The summed E-state index contributed by atoms with van der Waals surface area (Å²) in [4.78, 5) is 0. The van der Waals surface area contributed by atoms with Crippen LogP contribution in [0.5, 0.6) is 0 Å². The van der Waals surface area contributed by atoms with E-state index >= 15 is 0 Å². The molecule has 0 aliphatic carbocycles. The number of sulfonamides is 1. The predicted molar refractivity (Wildman–Crippen MR) is 96.5 cm³/mol. The van der Waals surface area contributed by atoms with Crippen LogP contribution in [0.25, 0.3) is 0 Å². The zero-order valence-electron chi connectivity index (χ0n) is 13.6. The first-order valence-electron chi connectivity index (χ1n) is 8.44. The van der Waals surface area contributed by atoms with Crippen molar-refractivity contribution in [2.24, 2.45) is 0 Å². The van der Waals surface area contributed by atoms with Crippen LogP contribution in [0.4, 0.5) is 5.69 Å². The highest BCUT2D eigenvalue weighted by atomic mass is 32.2. The maximum absolute atomic E-state index is 12.7. The maximum atomic E-state index is 12.7. The summed E-state index contributed by atoms with van der Waals surface area (Å²) in [5.74, 6) is 0.0929. The Labute approximate surface area is 143 Å². The van der Waals surface area contributed by atoms with Gasteiger partial charge in [-0.1, -0.05) is 48.5 Å². The molecule has 5 heteroatoms. The Balaban J connectivity index is 1.49. The van der Waals surface area contributed by atoms with Gasteiger partial charge in [0.15, 0.2) is 0 Å². The van der Waals surface area contributed by atoms with Crippen LogP contribution < -0.4 is 5.32 Å². The van der Waals surface area contributed by atoms with Crippen LogP contribution in [0.2, 0.25) is 0 Å². The average Bonchev–Trinajstić information content (AvgIpc) is 2.95. The van der Waals surface area contributed by atoms with Gasteiger partial charge >= 0.3 is 0 Å². The molecule has 2 aliphatic heterocycles. The molecule has 2 heterocycles. The van der Waals surface area contributed by atoms with Crippen LogP contribution >= 0.6 is 0 Å². The van der Waals surface area contributed by atoms with Crippen molar-refractivity contribution in [3.05, 3.63) is 65.7 Å². The van der Waals surface area contributed by atoms with E-state index < -0.39 is 10.0 Å². The van der Waals surface area contributed by atoms with Crippen molar-refractivity contribution >= 4 is 15.7 Å². The van der Waals surface area contributed by atoms with Gasteiger partial charge in [-0.25, -0.2) is 12.7 Å². The zero-order chi connectivity index (χ0) is 16.6. The van der Waals surface area contributed by atoms with E-state index in [0.29, 0.717) is 13.1 Å². The monoisotopic (exact) mass is 342 g/mol. The number of para-hydroxylation sites is 1. The second-order valence-electron chi connectivity index (χ2n) is 6.82. The highest BCUT2D eigenvalue weighted by Crippen LogP contribution is 2.44. The molecule has 126 valence electrons. The molecule has 24 heavy (non-hydrogen) atoms. The van der Waals surface area contributed by atoms with Gasteiger partial charge in [0.1, 0.15) is 0 Å². The highest BCUT2D eigenvalue weighted by molar-refractivity contribution is 7.88. The van der Waals surface area contributed by atoms with Crippen molar-refractivity contribution in [3.63, 3.8) is 0 Å². The molecule has 1 saturated heterocycles. The minimum absolute atomic E-state index is 0.0926. The molecule has 0 saturated carbocycles. The molecule has 1 spiro atoms. The fourth-order valence-electron chi connectivity index (χ4n) is 3.97.